The van der Waals surface area contributed by atoms with E-state index in [1.165, 1.54) is 0 Å². The number of hydrogen-bond acceptors (Lipinski definition) is 4. The molecule has 0 radical (unpaired) electrons. The predicted molar refractivity (Wildman–Crippen MR) is 86.6 cm³/mol. The highest BCUT2D eigenvalue weighted by atomic mass is 32.2. The van der Waals surface area contributed by atoms with Gasteiger partial charge < -0.3 is 4.90 Å². The minimum absolute atomic E-state index is 0.228. The summed E-state index contributed by atoms with van der Waals surface area (Å²) in [6.45, 7) is 5.00. The first-order valence-corrected chi connectivity index (χ1v) is 9.08. The Kier molecular flexibility index (Phi) is 3.61. The zero-order valence-electron chi connectivity index (χ0n) is 12.4. The van der Waals surface area contributed by atoms with E-state index in [0.29, 0.717) is 13.1 Å². The Morgan fingerprint density at radius 2 is 2.10 bits per heavy atom. The molecule has 5 heteroatoms. The molecule has 0 aliphatic carbocycles. The minimum Gasteiger partial charge on any atom is -0.369 e. The van der Waals surface area contributed by atoms with Crippen LogP contribution in [0.4, 0.5) is 5.69 Å². The second kappa shape index (κ2) is 5.30. The monoisotopic (exact) mass is 304 g/mol. The van der Waals surface area contributed by atoms with Crippen LogP contribution in [-0.2, 0) is 16.3 Å². The summed E-state index contributed by atoms with van der Waals surface area (Å²) >= 11 is 0. The number of pyridine rings is 1. The van der Waals surface area contributed by atoms with Crippen molar-refractivity contribution in [2.75, 3.05) is 23.7 Å². The molecular weight excluding hydrogens is 284 g/mol. The SMILES string of the molecule is CCc1cc(N2CCS(=O)(=O)C(C)C2)c2ccccc2n1. The van der Waals surface area contributed by atoms with Crippen molar-refractivity contribution in [3.05, 3.63) is 36.0 Å². The van der Waals surface area contributed by atoms with E-state index in [0.717, 1.165) is 28.7 Å². The van der Waals surface area contributed by atoms with Crippen molar-refractivity contribution in [3.8, 4) is 0 Å². The maximum Gasteiger partial charge on any atom is 0.156 e. The highest BCUT2D eigenvalue weighted by Crippen LogP contribution is 2.29. The van der Waals surface area contributed by atoms with Crippen LogP contribution in [0.15, 0.2) is 30.3 Å². The second-order valence-corrected chi connectivity index (χ2v) is 8.17. The summed E-state index contributed by atoms with van der Waals surface area (Å²) in [6, 6.07) is 10.2. The molecule has 0 spiro atoms. The van der Waals surface area contributed by atoms with Crippen LogP contribution in [0, 0.1) is 0 Å². The largest absolute Gasteiger partial charge is 0.369 e. The molecular formula is C16H20N2O2S. The van der Waals surface area contributed by atoms with Gasteiger partial charge in [0.05, 0.1) is 16.5 Å². The zero-order chi connectivity index (χ0) is 15.0. The van der Waals surface area contributed by atoms with Crippen molar-refractivity contribution < 1.29 is 8.42 Å². The Bertz CT molecular complexity index is 771. The van der Waals surface area contributed by atoms with E-state index in [2.05, 4.69) is 28.9 Å². The van der Waals surface area contributed by atoms with E-state index in [1.807, 2.05) is 18.2 Å². The Balaban J connectivity index is 2.08. The average molecular weight is 304 g/mol. The Labute approximate surface area is 125 Å². The van der Waals surface area contributed by atoms with E-state index in [-0.39, 0.29) is 11.0 Å². The van der Waals surface area contributed by atoms with Gasteiger partial charge in [-0.3, -0.25) is 4.98 Å². The summed E-state index contributed by atoms with van der Waals surface area (Å²) in [5, 5.41) is 0.782. The van der Waals surface area contributed by atoms with Gasteiger partial charge in [-0.25, -0.2) is 8.42 Å². The molecule has 1 atom stereocenters. The van der Waals surface area contributed by atoms with Crippen molar-refractivity contribution in [1.29, 1.82) is 0 Å². The highest BCUT2D eigenvalue weighted by Gasteiger charge is 2.30. The first kappa shape index (κ1) is 14.3. The third kappa shape index (κ3) is 2.62. The van der Waals surface area contributed by atoms with Gasteiger partial charge in [0.25, 0.3) is 0 Å². The molecule has 3 rings (SSSR count). The quantitative estimate of drug-likeness (QED) is 0.855. The average Bonchev–Trinajstić information content (AvgIpc) is 2.49. The second-order valence-electron chi connectivity index (χ2n) is 5.63. The van der Waals surface area contributed by atoms with Gasteiger partial charge in [0.1, 0.15) is 0 Å². The lowest BCUT2D eigenvalue weighted by molar-refractivity contribution is 0.569. The molecule has 1 aliphatic heterocycles. The minimum atomic E-state index is -2.93. The molecule has 1 aliphatic rings. The summed E-state index contributed by atoms with van der Waals surface area (Å²) in [6.07, 6.45) is 0.875. The topological polar surface area (TPSA) is 50.3 Å². The van der Waals surface area contributed by atoms with Crippen LogP contribution in [0.1, 0.15) is 19.5 Å². The molecule has 1 unspecified atom stereocenters. The van der Waals surface area contributed by atoms with Gasteiger partial charge in [-0.05, 0) is 25.5 Å². The summed E-state index contributed by atoms with van der Waals surface area (Å²) < 4.78 is 23.8. The fourth-order valence-corrected chi connectivity index (χ4v) is 4.11. The lowest BCUT2D eigenvalue weighted by atomic mass is 10.1. The summed E-state index contributed by atoms with van der Waals surface area (Å²) in [5.41, 5.74) is 3.14. The third-order valence-electron chi connectivity index (χ3n) is 4.19. The third-order valence-corrected chi connectivity index (χ3v) is 6.31. The number of benzene rings is 1. The normalized spacial score (nSPS) is 21.6. The molecule has 1 fully saturated rings. The van der Waals surface area contributed by atoms with Crippen molar-refractivity contribution in [2.45, 2.75) is 25.5 Å². The molecule has 4 nitrogen and oxygen atoms in total. The molecule has 0 N–H and O–H groups in total. The highest BCUT2D eigenvalue weighted by molar-refractivity contribution is 7.92. The van der Waals surface area contributed by atoms with E-state index in [1.54, 1.807) is 6.92 Å². The van der Waals surface area contributed by atoms with Crippen LogP contribution in [-0.4, -0.2) is 37.5 Å². The van der Waals surface area contributed by atoms with Gasteiger partial charge in [-0.1, -0.05) is 25.1 Å². The molecule has 112 valence electrons. The van der Waals surface area contributed by atoms with E-state index >= 15 is 0 Å². The van der Waals surface area contributed by atoms with Crippen LogP contribution in [0.25, 0.3) is 10.9 Å². The molecule has 0 amide bonds. The lowest BCUT2D eigenvalue weighted by Crippen LogP contribution is -2.45. The molecule has 1 aromatic heterocycles. The van der Waals surface area contributed by atoms with Crippen molar-refractivity contribution in [1.82, 2.24) is 4.98 Å². The first-order valence-electron chi connectivity index (χ1n) is 7.36. The van der Waals surface area contributed by atoms with Crippen molar-refractivity contribution in [2.24, 2.45) is 0 Å². The fourth-order valence-electron chi connectivity index (χ4n) is 2.83. The number of aromatic nitrogens is 1. The number of anilines is 1. The smallest absolute Gasteiger partial charge is 0.156 e. The zero-order valence-corrected chi connectivity index (χ0v) is 13.2. The summed E-state index contributed by atoms with van der Waals surface area (Å²) in [5.74, 6) is 0.228. The molecule has 2 aromatic rings. The standard InChI is InChI=1S/C16H20N2O2S/c1-3-13-10-16(14-6-4-5-7-15(14)17-13)18-8-9-21(19,20)12(2)11-18/h4-7,10,12H,3,8-9,11H2,1-2H3. The van der Waals surface area contributed by atoms with Crippen molar-refractivity contribution >= 4 is 26.4 Å². The number of aryl methyl sites for hydroxylation is 1. The van der Waals surface area contributed by atoms with E-state index in [4.69, 9.17) is 0 Å². The van der Waals surface area contributed by atoms with Gasteiger partial charge in [0.15, 0.2) is 9.84 Å². The van der Waals surface area contributed by atoms with E-state index < -0.39 is 9.84 Å². The number of nitrogens with zero attached hydrogens (tertiary/aromatic N) is 2. The molecule has 1 saturated heterocycles. The van der Waals surface area contributed by atoms with Crippen LogP contribution in [0.5, 0.6) is 0 Å². The maximum atomic E-state index is 11.9. The molecule has 0 bridgehead atoms. The van der Waals surface area contributed by atoms with E-state index in [9.17, 15) is 8.42 Å². The molecule has 2 heterocycles. The number of rotatable bonds is 2. The van der Waals surface area contributed by atoms with Gasteiger partial charge in [-0.2, -0.15) is 0 Å². The molecule has 21 heavy (non-hydrogen) atoms. The van der Waals surface area contributed by atoms with Crippen LogP contribution >= 0.6 is 0 Å². The number of sulfone groups is 1. The number of fused-ring (bicyclic) bond motifs is 1. The van der Waals surface area contributed by atoms with Crippen LogP contribution in [0.3, 0.4) is 0 Å². The van der Waals surface area contributed by atoms with Gasteiger partial charge >= 0.3 is 0 Å². The Morgan fingerprint density at radius 1 is 1.33 bits per heavy atom. The molecule has 0 saturated carbocycles. The predicted octanol–water partition coefficient (Wildman–Crippen LogP) is 2.42. The number of para-hydroxylation sites is 1. The lowest BCUT2D eigenvalue weighted by Gasteiger charge is -2.33. The van der Waals surface area contributed by atoms with Gasteiger partial charge in [0, 0.05) is 29.9 Å². The van der Waals surface area contributed by atoms with Crippen LogP contribution in [0.2, 0.25) is 0 Å². The Hall–Kier alpha value is -1.62. The van der Waals surface area contributed by atoms with Gasteiger partial charge in [0.2, 0.25) is 0 Å². The van der Waals surface area contributed by atoms with Gasteiger partial charge in [-0.15, -0.1) is 0 Å². The Morgan fingerprint density at radius 3 is 2.81 bits per heavy atom. The first-order chi connectivity index (χ1) is 10.0. The fraction of sp³-hybridized carbons (Fsp3) is 0.438. The maximum absolute atomic E-state index is 11.9. The van der Waals surface area contributed by atoms with Crippen molar-refractivity contribution in [3.63, 3.8) is 0 Å². The number of hydrogen-bond donors (Lipinski definition) is 0. The summed E-state index contributed by atoms with van der Waals surface area (Å²) in [7, 11) is -2.93. The summed E-state index contributed by atoms with van der Waals surface area (Å²) in [4.78, 5) is 6.84. The van der Waals surface area contributed by atoms with Crippen LogP contribution < -0.4 is 4.90 Å². The molecule has 1 aromatic carbocycles.